The Morgan fingerprint density at radius 3 is 2.51 bits per heavy atom. The molecule has 11 heteroatoms. The Hall–Kier alpha value is -3.12. The largest absolute Gasteiger partial charge is 0.383 e. The Morgan fingerprint density at radius 1 is 1.17 bits per heavy atom. The highest BCUT2D eigenvalue weighted by Crippen LogP contribution is 2.30. The number of halogens is 3. The molecule has 0 bridgehead atoms. The van der Waals surface area contributed by atoms with Gasteiger partial charge in [0.25, 0.3) is 5.56 Å². The van der Waals surface area contributed by atoms with Crippen molar-refractivity contribution in [1.29, 1.82) is 0 Å². The summed E-state index contributed by atoms with van der Waals surface area (Å²) in [6, 6.07) is 10.6. The highest BCUT2D eigenvalue weighted by Gasteiger charge is 2.36. The Balaban J connectivity index is 1.56. The topological polar surface area (TPSA) is 94.6 Å². The first-order chi connectivity index (χ1) is 16.8. The zero-order valence-electron chi connectivity index (χ0n) is 19.4. The number of hydrogen-bond acceptors (Lipinski definition) is 6. The minimum absolute atomic E-state index is 0.282. The summed E-state index contributed by atoms with van der Waals surface area (Å²) in [7, 11) is 1.58. The number of anilines is 1. The molecule has 4 N–H and O–H groups in total. The van der Waals surface area contributed by atoms with Gasteiger partial charge in [-0.15, -0.1) is 0 Å². The number of hydrogen-bond donors (Lipinski definition) is 4. The molecule has 2 aromatic carbocycles. The summed E-state index contributed by atoms with van der Waals surface area (Å²) >= 11 is 0. The first kappa shape index (κ1) is 25.0. The van der Waals surface area contributed by atoms with Crippen molar-refractivity contribution in [2.45, 2.75) is 25.2 Å². The highest BCUT2D eigenvalue weighted by molar-refractivity contribution is 5.50. The molecule has 4 rings (SSSR count). The monoisotopic (exact) mass is 491 g/mol. The molecule has 0 amide bonds. The second-order valence-corrected chi connectivity index (χ2v) is 8.56. The Morgan fingerprint density at radius 2 is 1.86 bits per heavy atom. The number of aromatic amines is 1. The van der Waals surface area contributed by atoms with Crippen LogP contribution in [-0.4, -0.2) is 65.5 Å². The quantitative estimate of drug-likeness (QED) is 0.271. The van der Waals surface area contributed by atoms with Crippen LogP contribution in [-0.2, 0) is 4.74 Å². The SMILES string of the molecule is COCCN1CC(NC(O)Nc2c(C)c(=O)[nH]n2-c2ccccc2)C(c2cc(F)c(F)c(F)c2)C1. The first-order valence-electron chi connectivity index (χ1n) is 11.2. The zero-order chi connectivity index (χ0) is 25.1. The number of para-hydroxylation sites is 1. The van der Waals surface area contributed by atoms with Crippen LogP contribution < -0.4 is 16.2 Å². The van der Waals surface area contributed by atoms with Crippen molar-refractivity contribution in [3.05, 3.63) is 81.4 Å². The Bertz CT molecular complexity index is 1190. The van der Waals surface area contributed by atoms with Gasteiger partial charge in [-0.1, -0.05) is 18.2 Å². The zero-order valence-corrected chi connectivity index (χ0v) is 19.4. The predicted octanol–water partition coefficient (Wildman–Crippen LogP) is 2.28. The molecule has 0 radical (unpaired) electrons. The smallest absolute Gasteiger partial charge is 0.269 e. The average Bonchev–Trinajstić information content (AvgIpc) is 3.37. The summed E-state index contributed by atoms with van der Waals surface area (Å²) in [6.07, 6.45) is -1.30. The van der Waals surface area contributed by atoms with Crippen LogP contribution in [0.4, 0.5) is 19.0 Å². The van der Waals surface area contributed by atoms with Crippen molar-refractivity contribution in [3.63, 3.8) is 0 Å². The molecule has 1 fully saturated rings. The lowest BCUT2D eigenvalue weighted by Gasteiger charge is -2.25. The van der Waals surface area contributed by atoms with Crippen molar-refractivity contribution >= 4 is 5.82 Å². The fourth-order valence-corrected chi connectivity index (χ4v) is 4.42. The molecule has 1 aromatic heterocycles. The number of H-pyrrole nitrogens is 1. The van der Waals surface area contributed by atoms with Crippen LogP contribution in [0.5, 0.6) is 0 Å². The van der Waals surface area contributed by atoms with E-state index in [0.29, 0.717) is 43.3 Å². The van der Waals surface area contributed by atoms with E-state index in [2.05, 4.69) is 15.7 Å². The van der Waals surface area contributed by atoms with Gasteiger partial charge in [-0.3, -0.25) is 20.1 Å². The molecule has 0 aliphatic carbocycles. The van der Waals surface area contributed by atoms with E-state index in [1.54, 1.807) is 26.2 Å². The molecule has 0 spiro atoms. The van der Waals surface area contributed by atoms with E-state index in [1.807, 2.05) is 23.1 Å². The van der Waals surface area contributed by atoms with Gasteiger partial charge in [-0.2, -0.15) is 0 Å². The first-order valence-corrected chi connectivity index (χ1v) is 11.2. The van der Waals surface area contributed by atoms with Crippen LogP contribution in [0.15, 0.2) is 47.3 Å². The van der Waals surface area contributed by atoms with E-state index in [4.69, 9.17) is 4.74 Å². The number of aliphatic hydroxyl groups is 1. The average molecular weight is 492 g/mol. The van der Waals surface area contributed by atoms with Crippen LogP contribution >= 0.6 is 0 Å². The number of nitrogens with one attached hydrogen (secondary N) is 3. The van der Waals surface area contributed by atoms with E-state index < -0.39 is 35.8 Å². The fourth-order valence-electron chi connectivity index (χ4n) is 4.42. The maximum atomic E-state index is 14.0. The summed E-state index contributed by atoms with van der Waals surface area (Å²) in [5.41, 5.74) is 1.03. The normalized spacial score (nSPS) is 19.3. The molecule has 8 nitrogen and oxygen atoms in total. The summed E-state index contributed by atoms with van der Waals surface area (Å²) in [5.74, 6) is -4.11. The predicted molar refractivity (Wildman–Crippen MR) is 125 cm³/mol. The van der Waals surface area contributed by atoms with Crippen molar-refractivity contribution in [1.82, 2.24) is 20.0 Å². The minimum Gasteiger partial charge on any atom is -0.383 e. The van der Waals surface area contributed by atoms with Crippen molar-refractivity contribution in [3.8, 4) is 5.69 Å². The van der Waals surface area contributed by atoms with Crippen LogP contribution in [0.25, 0.3) is 5.69 Å². The number of nitrogens with zero attached hydrogens (tertiary/aromatic N) is 2. The molecular weight excluding hydrogens is 463 g/mol. The van der Waals surface area contributed by atoms with Crippen LogP contribution in [0.3, 0.4) is 0 Å². The molecule has 1 aliphatic heterocycles. The molecule has 1 aliphatic rings. The molecule has 0 saturated carbocycles. The molecule has 1 saturated heterocycles. The van der Waals surface area contributed by atoms with E-state index in [0.717, 1.165) is 12.1 Å². The van der Waals surface area contributed by atoms with Gasteiger partial charge in [0.05, 0.1) is 17.9 Å². The summed E-state index contributed by atoms with van der Waals surface area (Å²) in [5, 5.41) is 19.5. The summed E-state index contributed by atoms with van der Waals surface area (Å²) in [4.78, 5) is 14.3. The molecule has 3 unspecified atom stereocenters. The minimum atomic E-state index is -1.52. The van der Waals surface area contributed by atoms with Gasteiger partial charge in [0.15, 0.2) is 23.8 Å². The number of likely N-dealkylation sites (tertiary alicyclic amines) is 1. The molecule has 188 valence electrons. The maximum Gasteiger partial charge on any atom is 0.269 e. The van der Waals surface area contributed by atoms with E-state index in [-0.39, 0.29) is 11.1 Å². The number of aromatic nitrogens is 2. The Kier molecular flexibility index (Phi) is 7.60. The fraction of sp³-hybridized carbons (Fsp3) is 0.375. The third-order valence-electron chi connectivity index (χ3n) is 6.23. The van der Waals surface area contributed by atoms with Crippen LogP contribution in [0.2, 0.25) is 0 Å². The van der Waals surface area contributed by atoms with E-state index in [9.17, 15) is 23.1 Å². The maximum absolute atomic E-state index is 14.0. The van der Waals surface area contributed by atoms with E-state index >= 15 is 0 Å². The number of aliphatic hydroxyl groups excluding tert-OH is 1. The van der Waals surface area contributed by atoms with Crippen molar-refractivity contribution < 1.29 is 23.0 Å². The number of methoxy groups -OCH3 is 1. The van der Waals surface area contributed by atoms with E-state index in [1.165, 1.54) is 4.68 Å². The van der Waals surface area contributed by atoms with Gasteiger partial charge in [0.2, 0.25) is 0 Å². The van der Waals surface area contributed by atoms with Gasteiger partial charge in [-0.25, -0.2) is 17.9 Å². The number of ether oxygens (including phenoxy) is 1. The second kappa shape index (κ2) is 10.6. The molecular formula is C24H28F3N5O3. The lowest BCUT2D eigenvalue weighted by molar-refractivity contribution is 0.139. The summed E-state index contributed by atoms with van der Waals surface area (Å²) < 4.78 is 48.1. The van der Waals surface area contributed by atoms with Crippen molar-refractivity contribution in [2.75, 3.05) is 38.7 Å². The number of rotatable bonds is 9. The standard InChI is InChI=1S/C24H28F3N5O3/c1-14-22(32(30-23(14)33)16-6-4-3-5-7-16)29-24(34)28-20-13-31(8-9-35-2)12-17(20)15-10-18(25)21(27)19(26)11-15/h3-7,10-11,17,20,24,28-29,34H,8-9,12-13H2,1-2H3,(H,30,33). The highest BCUT2D eigenvalue weighted by atomic mass is 19.2. The molecule has 3 aromatic rings. The third-order valence-corrected chi connectivity index (χ3v) is 6.23. The van der Waals surface area contributed by atoms with Crippen LogP contribution in [0, 0.1) is 24.4 Å². The van der Waals surface area contributed by atoms with Gasteiger partial charge in [-0.05, 0) is 36.8 Å². The van der Waals surface area contributed by atoms with Crippen LogP contribution in [0.1, 0.15) is 17.0 Å². The lowest BCUT2D eigenvalue weighted by Crippen LogP contribution is -2.46. The second-order valence-electron chi connectivity index (χ2n) is 8.56. The summed E-state index contributed by atoms with van der Waals surface area (Å²) in [6.45, 7) is 3.53. The molecule has 35 heavy (non-hydrogen) atoms. The number of benzene rings is 2. The lowest BCUT2D eigenvalue weighted by atomic mass is 9.94. The van der Waals surface area contributed by atoms with Gasteiger partial charge >= 0.3 is 0 Å². The molecule has 2 heterocycles. The third kappa shape index (κ3) is 5.43. The Labute approximate surface area is 200 Å². The van der Waals surface area contributed by atoms with Gasteiger partial charge in [0, 0.05) is 38.7 Å². The molecule has 3 atom stereocenters. The van der Waals surface area contributed by atoms with Gasteiger partial charge < -0.3 is 15.2 Å². The van der Waals surface area contributed by atoms with Crippen molar-refractivity contribution in [2.24, 2.45) is 0 Å². The van der Waals surface area contributed by atoms with Gasteiger partial charge in [0.1, 0.15) is 5.82 Å².